The molecule has 2 aliphatic rings. The maximum absolute atomic E-state index is 13.4. The Labute approximate surface area is 178 Å². The molecule has 0 saturated carbocycles. The van der Waals surface area contributed by atoms with E-state index in [0.29, 0.717) is 12.2 Å². The van der Waals surface area contributed by atoms with E-state index in [1.54, 1.807) is 16.7 Å². The van der Waals surface area contributed by atoms with Gasteiger partial charge >= 0.3 is 5.97 Å². The Balaban J connectivity index is 1.64. The molecule has 2 fully saturated rings. The van der Waals surface area contributed by atoms with Crippen molar-refractivity contribution in [3.05, 3.63) is 71.8 Å². The first-order chi connectivity index (χ1) is 14.0. The zero-order valence-electron chi connectivity index (χ0n) is 15.9. The Morgan fingerprint density at radius 1 is 1.24 bits per heavy atom. The lowest BCUT2D eigenvalue weighted by Crippen LogP contribution is -2.58. The van der Waals surface area contributed by atoms with Crippen LogP contribution in [0.2, 0.25) is 0 Å². The molecular weight excluding hydrogens is 404 g/mol. The van der Waals surface area contributed by atoms with Crippen LogP contribution in [0.25, 0.3) is 0 Å². The molecule has 2 aromatic rings. The number of thiocyanates is 1. The standard InChI is InChI=1S/C22H20N2O3S2/c1-22(13-28-14-23)20(24-17(25)12-18(24)29-22)21(26)27-19(15-8-4-2-5-9-15)16-10-6-3-7-11-16/h2-11,18-20H,12-13H2,1H3. The first-order valence-electron chi connectivity index (χ1n) is 9.34. The molecule has 0 radical (unpaired) electrons. The molecule has 0 aromatic heterocycles. The third kappa shape index (κ3) is 3.75. The minimum Gasteiger partial charge on any atom is -0.451 e. The molecule has 7 heteroatoms. The second-order valence-electron chi connectivity index (χ2n) is 7.31. The van der Waals surface area contributed by atoms with E-state index in [-0.39, 0.29) is 11.3 Å². The zero-order chi connectivity index (χ0) is 20.4. The third-order valence-corrected chi connectivity index (χ3v) is 7.92. The fraction of sp³-hybridized carbons (Fsp3) is 0.318. The van der Waals surface area contributed by atoms with Crippen molar-refractivity contribution in [3.8, 4) is 5.40 Å². The molecular formula is C22H20N2O3S2. The van der Waals surface area contributed by atoms with Gasteiger partial charge in [-0.1, -0.05) is 60.7 Å². The number of carbonyl (C=O) groups is 2. The van der Waals surface area contributed by atoms with Crippen LogP contribution >= 0.6 is 23.5 Å². The summed E-state index contributed by atoms with van der Waals surface area (Å²) in [7, 11) is 0. The van der Waals surface area contributed by atoms with Gasteiger partial charge in [-0.3, -0.25) is 4.79 Å². The van der Waals surface area contributed by atoms with Gasteiger partial charge in [0.2, 0.25) is 5.91 Å². The SMILES string of the molecule is CC1(CSC#N)SC2CC(=O)N2C1C(=O)OC(c1ccccc1)c1ccccc1. The van der Waals surface area contributed by atoms with Gasteiger partial charge in [-0.2, -0.15) is 5.26 Å². The highest BCUT2D eigenvalue weighted by molar-refractivity contribution is 8.06. The van der Waals surface area contributed by atoms with Crippen molar-refractivity contribution in [2.45, 2.75) is 35.6 Å². The summed E-state index contributed by atoms with van der Waals surface area (Å²) >= 11 is 2.70. The number of rotatable bonds is 6. The summed E-state index contributed by atoms with van der Waals surface area (Å²) in [4.78, 5) is 27.3. The number of carbonyl (C=O) groups excluding carboxylic acids is 2. The van der Waals surface area contributed by atoms with Gasteiger partial charge in [0.15, 0.2) is 6.10 Å². The van der Waals surface area contributed by atoms with E-state index in [1.165, 1.54) is 0 Å². The molecule has 0 N–H and O–H groups in total. The van der Waals surface area contributed by atoms with Crippen LogP contribution in [-0.2, 0) is 14.3 Å². The number of amides is 1. The maximum Gasteiger partial charge on any atom is 0.331 e. The van der Waals surface area contributed by atoms with Gasteiger partial charge in [0, 0.05) is 5.75 Å². The largest absolute Gasteiger partial charge is 0.451 e. The highest BCUT2D eigenvalue weighted by Crippen LogP contribution is 2.52. The van der Waals surface area contributed by atoms with Crippen LogP contribution in [0.3, 0.4) is 0 Å². The van der Waals surface area contributed by atoms with Crippen LogP contribution in [0, 0.1) is 10.7 Å². The molecule has 4 rings (SSSR count). The summed E-state index contributed by atoms with van der Waals surface area (Å²) in [5.74, 6) is -0.00635. The lowest BCUT2D eigenvalue weighted by atomic mass is 9.97. The molecule has 29 heavy (non-hydrogen) atoms. The van der Waals surface area contributed by atoms with E-state index >= 15 is 0 Å². The quantitative estimate of drug-likeness (QED) is 0.397. The number of nitriles is 1. The van der Waals surface area contributed by atoms with Gasteiger partial charge in [0.1, 0.15) is 11.4 Å². The summed E-state index contributed by atoms with van der Waals surface area (Å²) < 4.78 is 5.48. The normalized spacial score (nSPS) is 25.3. The van der Waals surface area contributed by atoms with Gasteiger partial charge in [0.05, 0.1) is 16.5 Å². The fourth-order valence-corrected chi connectivity index (χ4v) is 6.39. The van der Waals surface area contributed by atoms with Crippen LogP contribution in [0.15, 0.2) is 60.7 Å². The summed E-state index contributed by atoms with van der Waals surface area (Å²) in [5, 5.41) is 11.1. The van der Waals surface area contributed by atoms with Gasteiger partial charge in [-0.05, 0) is 29.8 Å². The smallest absolute Gasteiger partial charge is 0.331 e. The Morgan fingerprint density at radius 2 is 1.83 bits per heavy atom. The van der Waals surface area contributed by atoms with E-state index in [2.05, 4.69) is 5.40 Å². The van der Waals surface area contributed by atoms with Gasteiger partial charge in [-0.15, -0.1) is 11.8 Å². The van der Waals surface area contributed by atoms with Crippen molar-refractivity contribution in [2.24, 2.45) is 0 Å². The highest BCUT2D eigenvalue weighted by Gasteiger charge is 2.61. The average Bonchev–Trinajstić information content (AvgIpc) is 2.99. The van der Waals surface area contributed by atoms with E-state index in [1.807, 2.05) is 67.6 Å². The number of nitrogens with zero attached hydrogens (tertiary/aromatic N) is 2. The fourth-order valence-electron chi connectivity index (χ4n) is 3.90. The predicted molar refractivity (Wildman–Crippen MR) is 114 cm³/mol. The van der Waals surface area contributed by atoms with Crippen molar-refractivity contribution < 1.29 is 14.3 Å². The predicted octanol–water partition coefficient (Wildman–Crippen LogP) is 3.97. The van der Waals surface area contributed by atoms with E-state index in [9.17, 15) is 9.59 Å². The molecule has 3 atom stereocenters. The number of hydrogen-bond donors (Lipinski definition) is 0. The first kappa shape index (κ1) is 19.9. The van der Waals surface area contributed by atoms with Crippen molar-refractivity contribution in [2.75, 3.05) is 5.75 Å². The van der Waals surface area contributed by atoms with Crippen LogP contribution in [0.5, 0.6) is 0 Å². The number of hydrogen-bond acceptors (Lipinski definition) is 6. The van der Waals surface area contributed by atoms with Crippen molar-refractivity contribution >= 4 is 35.4 Å². The molecule has 0 aliphatic carbocycles. The lowest BCUT2D eigenvalue weighted by Gasteiger charge is -2.38. The van der Waals surface area contributed by atoms with Gasteiger partial charge in [-0.25, -0.2) is 4.79 Å². The monoisotopic (exact) mass is 424 g/mol. The Hall–Kier alpha value is -2.43. The Kier molecular flexibility index (Phi) is 5.57. The molecule has 2 aromatic carbocycles. The Bertz CT molecular complexity index is 908. The average molecular weight is 425 g/mol. The molecule has 5 nitrogen and oxygen atoms in total. The Morgan fingerprint density at radius 3 is 2.34 bits per heavy atom. The third-order valence-electron chi connectivity index (χ3n) is 5.29. The lowest BCUT2D eigenvalue weighted by molar-refractivity contribution is -0.164. The van der Waals surface area contributed by atoms with Gasteiger partial charge < -0.3 is 9.64 Å². The summed E-state index contributed by atoms with van der Waals surface area (Å²) in [6.07, 6.45) is -0.125. The summed E-state index contributed by atoms with van der Waals surface area (Å²) in [6.45, 7) is 1.94. The molecule has 2 aliphatic heterocycles. The minimum atomic E-state index is -0.700. The second-order valence-corrected chi connectivity index (χ2v) is 9.78. The molecule has 1 amide bonds. The van der Waals surface area contributed by atoms with Gasteiger partial charge in [0.25, 0.3) is 0 Å². The second kappa shape index (κ2) is 8.13. The van der Waals surface area contributed by atoms with Crippen molar-refractivity contribution in [1.29, 1.82) is 5.26 Å². The highest BCUT2D eigenvalue weighted by atomic mass is 32.2. The number of β-lactam (4-membered cyclic amide) rings is 1. The number of fused-ring (bicyclic) bond motifs is 1. The van der Waals surface area contributed by atoms with Crippen LogP contribution in [-0.4, -0.2) is 38.7 Å². The molecule has 2 saturated heterocycles. The van der Waals surface area contributed by atoms with E-state index in [0.717, 1.165) is 22.9 Å². The molecule has 148 valence electrons. The number of thioether (sulfide) groups is 2. The number of esters is 1. The minimum absolute atomic E-state index is 0.0174. The van der Waals surface area contributed by atoms with Crippen LogP contribution in [0.4, 0.5) is 0 Å². The summed E-state index contributed by atoms with van der Waals surface area (Å²) in [6, 6.07) is 18.5. The number of benzene rings is 2. The van der Waals surface area contributed by atoms with Crippen molar-refractivity contribution in [3.63, 3.8) is 0 Å². The van der Waals surface area contributed by atoms with Crippen molar-refractivity contribution in [1.82, 2.24) is 4.90 Å². The summed E-state index contributed by atoms with van der Waals surface area (Å²) in [5.41, 5.74) is 1.74. The van der Waals surface area contributed by atoms with E-state index in [4.69, 9.17) is 10.00 Å². The molecule has 3 unspecified atom stereocenters. The molecule has 0 bridgehead atoms. The molecule has 0 spiro atoms. The van der Waals surface area contributed by atoms with Crippen LogP contribution < -0.4 is 0 Å². The zero-order valence-corrected chi connectivity index (χ0v) is 17.5. The topological polar surface area (TPSA) is 70.4 Å². The van der Waals surface area contributed by atoms with Crippen LogP contribution in [0.1, 0.15) is 30.6 Å². The first-order valence-corrected chi connectivity index (χ1v) is 11.2. The van der Waals surface area contributed by atoms with E-state index < -0.39 is 22.9 Å². The number of ether oxygens (including phenoxy) is 1. The molecule has 2 heterocycles. The maximum atomic E-state index is 13.4.